The molecule has 0 bridgehead atoms. The standard InChI is InChI=1S/C16H37N2/c1-6-8-13-17(14-9-7-2)15-11-10-12-16-18(3,4)5/h6-16H2,1-5H3/q+1. The van der Waals surface area contributed by atoms with Crippen molar-refractivity contribution in [1.29, 1.82) is 0 Å². The van der Waals surface area contributed by atoms with E-state index in [2.05, 4.69) is 39.9 Å². The summed E-state index contributed by atoms with van der Waals surface area (Å²) in [5.41, 5.74) is 0. The van der Waals surface area contributed by atoms with Gasteiger partial charge < -0.3 is 9.38 Å². The lowest BCUT2D eigenvalue weighted by atomic mass is 10.2. The van der Waals surface area contributed by atoms with Gasteiger partial charge in [-0.1, -0.05) is 26.7 Å². The minimum absolute atomic E-state index is 1.11. The van der Waals surface area contributed by atoms with E-state index in [1.54, 1.807) is 0 Å². The molecule has 0 amide bonds. The van der Waals surface area contributed by atoms with Crippen LogP contribution in [0.5, 0.6) is 0 Å². The highest BCUT2D eigenvalue weighted by Gasteiger charge is 2.07. The van der Waals surface area contributed by atoms with Gasteiger partial charge in [0, 0.05) is 0 Å². The Morgan fingerprint density at radius 1 is 0.667 bits per heavy atom. The van der Waals surface area contributed by atoms with Gasteiger partial charge in [0.25, 0.3) is 0 Å². The number of hydrogen-bond acceptors (Lipinski definition) is 1. The molecule has 0 aromatic carbocycles. The number of rotatable bonds is 12. The summed E-state index contributed by atoms with van der Waals surface area (Å²) in [5, 5.41) is 0. The van der Waals surface area contributed by atoms with E-state index >= 15 is 0 Å². The molecule has 0 saturated heterocycles. The molecule has 0 aromatic rings. The van der Waals surface area contributed by atoms with Crippen LogP contribution in [0.4, 0.5) is 0 Å². The molecule has 0 radical (unpaired) electrons. The number of unbranched alkanes of at least 4 members (excludes halogenated alkanes) is 4. The molecule has 0 saturated carbocycles. The summed E-state index contributed by atoms with van der Waals surface area (Å²) in [6.07, 6.45) is 9.52. The fourth-order valence-electron chi connectivity index (χ4n) is 2.20. The van der Waals surface area contributed by atoms with Crippen LogP contribution in [0.2, 0.25) is 0 Å². The Kier molecular flexibility index (Phi) is 10.8. The highest BCUT2D eigenvalue weighted by molar-refractivity contribution is 4.58. The molecular weight excluding hydrogens is 220 g/mol. The third-order valence-electron chi connectivity index (χ3n) is 3.46. The maximum absolute atomic E-state index is 2.68. The number of nitrogens with zero attached hydrogens (tertiary/aromatic N) is 2. The molecule has 0 N–H and O–H groups in total. The largest absolute Gasteiger partial charge is 0.331 e. The van der Waals surface area contributed by atoms with Gasteiger partial charge in [0.15, 0.2) is 0 Å². The molecule has 0 unspecified atom stereocenters. The molecule has 0 atom stereocenters. The van der Waals surface area contributed by atoms with Crippen LogP contribution in [-0.2, 0) is 0 Å². The molecule has 0 heterocycles. The predicted molar refractivity (Wildman–Crippen MR) is 83.0 cm³/mol. The Hall–Kier alpha value is -0.0800. The SMILES string of the molecule is CCCCN(CCCC)CCCCC[N+](C)(C)C. The molecule has 2 nitrogen and oxygen atoms in total. The Morgan fingerprint density at radius 3 is 1.61 bits per heavy atom. The van der Waals surface area contributed by atoms with Gasteiger partial charge in [-0.3, -0.25) is 0 Å². The third-order valence-corrected chi connectivity index (χ3v) is 3.46. The third kappa shape index (κ3) is 12.4. The van der Waals surface area contributed by atoms with E-state index in [-0.39, 0.29) is 0 Å². The second kappa shape index (κ2) is 10.8. The Morgan fingerprint density at radius 2 is 1.17 bits per heavy atom. The topological polar surface area (TPSA) is 3.24 Å². The molecule has 0 spiro atoms. The van der Waals surface area contributed by atoms with Gasteiger partial charge in [-0.15, -0.1) is 0 Å². The van der Waals surface area contributed by atoms with Crippen molar-refractivity contribution in [3.63, 3.8) is 0 Å². The molecule has 0 rings (SSSR count). The molecule has 0 aliphatic rings. The monoisotopic (exact) mass is 257 g/mol. The van der Waals surface area contributed by atoms with Gasteiger partial charge in [0.1, 0.15) is 0 Å². The number of quaternary nitrogens is 1. The van der Waals surface area contributed by atoms with Crippen LogP contribution < -0.4 is 0 Å². The zero-order valence-corrected chi connectivity index (χ0v) is 13.7. The predicted octanol–water partition coefficient (Wildman–Crippen LogP) is 3.77. The first-order valence-corrected chi connectivity index (χ1v) is 8.02. The summed E-state index contributed by atoms with van der Waals surface area (Å²) in [5.74, 6) is 0. The maximum Gasteiger partial charge on any atom is 0.0780 e. The molecule has 2 heteroatoms. The van der Waals surface area contributed by atoms with Crippen molar-refractivity contribution in [2.24, 2.45) is 0 Å². The van der Waals surface area contributed by atoms with Gasteiger partial charge in [-0.05, 0) is 51.7 Å². The second-order valence-corrected chi connectivity index (χ2v) is 6.62. The maximum atomic E-state index is 2.68. The van der Waals surface area contributed by atoms with Crippen LogP contribution in [0.3, 0.4) is 0 Å². The van der Waals surface area contributed by atoms with Crippen LogP contribution in [0.25, 0.3) is 0 Å². The summed E-state index contributed by atoms with van der Waals surface area (Å²) < 4.78 is 1.11. The van der Waals surface area contributed by atoms with Gasteiger partial charge >= 0.3 is 0 Å². The molecule has 110 valence electrons. The average Bonchev–Trinajstić information content (AvgIpc) is 2.29. The van der Waals surface area contributed by atoms with Gasteiger partial charge in [0.2, 0.25) is 0 Å². The van der Waals surface area contributed by atoms with E-state index in [4.69, 9.17) is 0 Å². The van der Waals surface area contributed by atoms with Crippen LogP contribution in [-0.4, -0.2) is 56.7 Å². The highest BCUT2D eigenvalue weighted by atomic mass is 15.3. The summed E-state index contributed by atoms with van der Waals surface area (Å²) in [4.78, 5) is 2.68. The molecule has 0 aromatic heterocycles. The number of hydrogen-bond donors (Lipinski definition) is 0. The first-order valence-electron chi connectivity index (χ1n) is 8.02. The quantitative estimate of drug-likeness (QED) is 0.380. The van der Waals surface area contributed by atoms with Crippen LogP contribution in [0, 0.1) is 0 Å². The first kappa shape index (κ1) is 17.9. The van der Waals surface area contributed by atoms with E-state index in [0.29, 0.717) is 0 Å². The highest BCUT2D eigenvalue weighted by Crippen LogP contribution is 2.05. The lowest BCUT2D eigenvalue weighted by Gasteiger charge is -2.24. The van der Waals surface area contributed by atoms with Crippen molar-refractivity contribution < 1.29 is 4.48 Å². The molecule has 0 fully saturated rings. The van der Waals surface area contributed by atoms with E-state index in [9.17, 15) is 0 Å². The van der Waals surface area contributed by atoms with Crippen LogP contribution in [0.15, 0.2) is 0 Å². The first-order chi connectivity index (χ1) is 8.49. The van der Waals surface area contributed by atoms with Crippen molar-refractivity contribution in [3.8, 4) is 0 Å². The fraction of sp³-hybridized carbons (Fsp3) is 1.00. The smallest absolute Gasteiger partial charge is 0.0780 e. The summed E-state index contributed by atoms with van der Waals surface area (Å²) in [6.45, 7) is 9.83. The Labute approximate surface area is 116 Å². The minimum Gasteiger partial charge on any atom is -0.331 e. The zero-order valence-electron chi connectivity index (χ0n) is 13.7. The minimum atomic E-state index is 1.11. The molecule has 0 aliphatic heterocycles. The van der Waals surface area contributed by atoms with Crippen molar-refractivity contribution in [2.45, 2.75) is 58.8 Å². The Balaban J connectivity index is 3.61. The van der Waals surface area contributed by atoms with Gasteiger partial charge in [-0.2, -0.15) is 0 Å². The van der Waals surface area contributed by atoms with Crippen molar-refractivity contribution in [3.05, 3.63) is 0 Å². The lowest BCUT2D eigenvalue weighted by Crippen LogP contribution is -2.35. The molecule has 18 heavy (non-hydrogen) atoms. The van der Waals surface area contributed by atoms with Gasteiger partial charge in [0.05, 0.1) is 27.7 Å². The van der Waals surface area contributed by atoms with E-state index in [0.717, 1.165) is 4.48 Å². The molecular formula is C16H37N2+. The normalized spacial score (nSPS) is 12.3. The summed E-state index contributed by atoms with van der Waals surface area (Å²) >= 11 is 0. The van der Waals surface area contributed by atoms with Crippen LogP contribution >= 0.6 is 0 Å². The lowest BCUT2D eigenvalue weighted by molar-refractivity contribution is -0.870. The van der Waals surface area contributed by atoms with E-state index < -0.39 is 0 Å². The summed E-state index contributed by atoms with van der Waals surface area (Å²) in [6, 6.07) is 0. The second-order valence-electron chi connectivity index (χ2n) is 6.62. The molecule has 0 aliphatic carbocycles. The van der Waals surface area contributed by atoms with Crippen molar-refractivity contribution >= 4 is 0 Å². The summed E-state index contributed by atoms with van der Waals surface area (Å²) in [7, 11) is 6.86. The van der Waals surface area contributed by atoms with E-state index in [1.165, 1.54) is 71.1 Å². The average molecular weight is 257 g/mol. The van der Waals surface area contributed by atoms with Crippen molar-refractivity contribution in [1.82, 2.24) is 4.90 Å². The zero-order chi connectivity index (χ0) is 13.9. The van der Waals surface area contributed by atoms with Gasteiger partial charge in [-0.25, -0.2) is 0 Å². The van der Waals surface area contributed by atoms with Crippen LogP contribution in [0.1, 0.15) is 58.8 Å². The van der Waals surface area contributed by atoms with Crippen molar-refractivity contribution in [2.75, 3.05) is 47.3 Å². The van der Waals surface area contributed by atoms with E-state index in [1.807, 2.05) is 0 Å². The fourth-order valence-corrected chi connectivity index (χ4v) is 2.20. The Bertz CT molecular complexity index is 164.